The molecule has 1 fully saturated rings. The van der Waals surface area contributed by atoms with Crippen LogP contribution in [0.4, 0.5) is 16.3 Å². The molecule has 1 saturated heterocycles. The fourth-order valence-corrected chi connectivity index (χ4v) is 3.87. The lowest BCUT2D eigenvalue weighted by molar-refractivity contribution is 0.239. The largest absolute Gasteiger partial charge is 0.497 e. The molecule has 2 amide bonds. The number of fused-ring (bicyclic) bond motifs is 1. The maximum Gasteiger partial charge on any atom is 0.314 e. The van der Waals surface area contributed by atoms with Crippen molar-refractivity contribution in [2.75, 3.05) is 50.1 Å². The van der Waals surface area contributed by atoms with Crippen molar-refractivity contribution in [3.8, 4) is 5.75 Å². The number of ether oxygens (including phenoxy) is 1. The number of urea groups is 1. The molecule has 7 nitrogen and oxygen atoms in total. The maximum atomic E-state index is 12.1. The summed E-state index contributed by atoms with van der Waals surface area (Å²) in [5.74, 6) is 2.12. The summed E-state index contributed by atoms with van der Waals surface area (Å²) in [4.78, 5) is 19.0. The molecular formula is C24H29N5O2. The minimum atomic E-state index is -0.131. The highest BCUT2D eigenvalue weighted by Gasteiger charge is 2.23. The molecule has 7 heteroatoms. The summed E-state index contributed by atoms with van der Waals surface area (Å²) in [6.07, 6.45) is 1.06. The summed E-state index contributed by atoms with van der Waals surface area (Å²) in [6, 6.07) is 20.0. The van der Waals surface area contributed by atoms with E-state index in [4.69, 9.17) is 4.74 Å². The smallest absolute Gasteiger partial charge is 0.314 e. The van der Waals surface area contributed by atoms with Crippen LogP contribution < -0.4 is 25.6 Å². The lowest BCUT2D eigenvalue weighted by Crippen LogP contribution is -2.40. The van der Waals surface area contributed by atoms with Crippen molar-refractivity contribution in [1.82, 2.24) is 15.6 Å². The number of nitrogens with zero attached hydrogens (tertiary/aromatic N) is 2. The zero-order chi connectivity index (χ0) is 21.5. The number of methoxy groups -OCH3 is 1. The minimum Gasteiger partial charge on any atom is -0.497 e. The zero-order valence-corrected chi connectivity index (χ0v) is 17.8. The number of carbonyl (C=O) groups excluding carboxylic acids is 1. The molecule has 1 aliphatic heterocycles. The first-order valence-electron chi connectivity index (χ1n) is 10.7. The number of carbonyl (C=O) groups is 1. The standard InChI is InChI=1S/C24H29N5O2/c1-31-21-7-4-6-20(15-21)29-14-11-18(17-29)16-27-24(30)26-13-12-25-23-10-9-19-5-2-3-8-22(19)28-23/h2-10,15,18H,11-14,16-17H2,1H3,(H,25,28)(H2,26,27,30). The van der Waals surface area contributed by atoms with E-state index in [1.165, 1.54) is 5.69 Å². The van der Waals surface area contributed by atoms with Gasteiger partial charge in [-0.25, -0.2) is 9.78 Å². The molecule has 1 aliphatic rings. The molecule has 2 heterocycles. The second-order valence-electron chi connectivity index (χ2n) is 7.75. The summed E-state index contributed by atoms with van der Waals surface area (Å²) in [7, 11) is 1.68. The van der Waals surface area contributed by atoms with Gasteiger partial charge in [-0.05, 0) is 42.7 Å². The van der Waals surface area contributed by atoms with E-state index in [2.05, 4.69) is 38.0 Å². The molecule has 1 aromatic heterocycles. The fraction of sp³-hybridized carbons (Fsp3) is 0.333. The first-order valence-corrected chi connectivity index (χ1v) is 10.7. The Morgan fingerprint density at radius 3 is 2.90 bits per heavy atom. The number of aromatic nitrogens is 1. The van der Waals surface area contributed by atoms with Gasteiger partial charge < -0.3 is 25.6 Å². The van der Waals surface area contributed by atoms with Crippen LogP contribution in [0.3, 0.4) is 0 Å². The fourth-order valence-electron chi connectivity index (χ4n) is 3.87. The number of amides is 2. The minimum absolute atomic E-state index is 0.131. The number of hydrogen-bond donors (Lipinski definition) is 3. The van der Waals surface area contributed by atoms with Gasteiger partial charge in [0.1, 0.15) is 11.6 Å². The van der Waals surface area contributed by atoms with Gasteiger partial charge in [0.2, 0.25) is 0 Å². The molecule has 2 aromatic carbocycles. The molecule has 0 radical (unpaired) electrons. The van der Waals surface area contributed by atoms with Crippen molar-refractivity contribution < 1.29 is 9.53 Å². The number of pyridine rings is 1. The molecule has 3 aromatic rings. The molecular weight excluding hydrogens is 390 g/mol. The summed E-state index contributed by atoms with van der Waals surface area (Å²) in [5.41, 5.74) is 2.12. The lowest BCUT2D eigenvalue weighted by Gasteiger charge is -2.19. The molecule has 0 bridgehead atoms. The van der Waals surface area contributed by atoms with Crippen LogP contribution in [0.2, 0.25) is 0 Å². The third-order valence-corrected chi connectivity index (χ3v) is 5.57. The van der Waals surface area contributed by atoms with Crippen molar-refractivity contribution in [1.29, 1.82) is 0 Å². The molecule has 1 unspecified atom stereocenters. The summed E-state index contributed by atoms with van der Waals surface area (Å²) in [6.45, 7) is 3.74. The van der Waals surface area contributed by atoms with Crippen LogP contribution in [-0.2, 0) is 0 Å². The van der Waals surface area contributed by atoms with Crippen molar-refractivity contribution in [3.05, 3.63) is 60.7 Å². The Morgan fingerprint density at radius 1 is 1.10 bits per heavy atom. The van der Waals surface area contributed by atoms with Crippen molar-refractivity contribution in [3.63, 3.8) is 0 Å². The van der Waals surface area contributed by atoms with Gasteiger partial charge in [-0.3, -0.25) is 0 Å². The van der Waals surface area contributed by atoms with Crippen LogP contribution >= 0.6 is 0 Å². The van der Waals surface area contributed by atoms with Crippen molar-refractivity contribution in [2.45, 2.75) is 6.42 Å². The summed E-state index contributed by atoms with van der Waals surface area (Å²) < 4.78 is 5.31. The monoisotopic (exact) mass is 419 g/mol. The van der Waals surface area contributed by atoms with Crippen LogP contribution in [0.15, 0.2) is 60.7 Å². The molecule has 31 heavy (non-hydrogen) atoms. The van der Waals surface area contributed by atoms with Crippen LogP contribution in [0.1, 0.15) is 6.42 Å². The molecule has 162 valence electrons. The topological polar surface area (TPSA) is 78.5 Å². The van der Waals surface area contributed by atoms with E-state index in [9.17, 15) is 4.79 Å². The van der Waals surface area contributed by atoms with E-state index in [1.807, 2.05) is 48.5 Å². The van der Waals surface area contributed by atoms with Crippen molar-refractivity contribution in [2.24, 2.45) is 5.92 Å². The molecule has 1 atom stereocenters. The summed E-state index contributed by atoms with van der Waals surface area (Å²) >= 11 is 0. The number of hydrogen-bond acceptors (Lipinski definition) is 5. The predicted molar refractivity (Wildman–Crippen MR) is 125 cm³/mol. The second kappa shape index (κ2) is 10.0. The Balaban J connectivity index is 1.14. The third-order valence-electron chi connectivity index (χ3n) is 5.57. The number of para-hydroxylation sites is 1. The number of nitrogens with one attached hydrogen (secondary N) is 3. The Kier molecular flexibility index (Phi) is 6.72. The Morgan fingerprint density at radius 2 is 2.00 bits per heavy atom. The third kappa shape index (κ3) is 5.57. The van der Waals surface area contributed by atoms with Gasteiger partial charge in [-0.2, -0.15) is 0 Å². The average molecular weight is 420 g/mol. The molecule has 0 spiro atoms. The maximum absolute atomic E-state index is 12.1. The van der Waals surface area contributed by atoms with Gasteiger partial charge in [0.15, 0.2) is 0 Å². The van der Waals surface area contributed by atoms with E-state index in [1.54, 1.807) is 7.11 Å². The van der Waals surface area contributed by atoms with E-state index in [0.717, 1.165) is 42.0 Å². The normalized spacial score (nSPS) is 15.6. The molecule has 3 N–H and O–H groups in total. The van der Waals surface area contributed by atoms with Crippen LogP contribution in [0, 0.1) is 5.92 Å². The van der Waals surface area contributed by atoms with Gasteiger partial charge in [-0.1, -0.05) is 24.3 Å². The Bertz CT molecular complexity index is 1030. The number of anilines is 2. The Hall–Kier alpha value is -3.48. The van der Waals surface area contributed by atoms with E-state index in [0.29, 0.717) is 25.6 Å². The second-order valence-corrected chi connectivity index (χ2v) is 7.75. The van der Waals surface area contributed by atoms with Gasteiger partial charge in [0.25, 0.3) is 0 Å². The predicted octanol–water partition coefficient (Wildman–Crippen LogP) is 3.48. The lowest BCUT2D eigenvalue weighted by atomic mass is 10.1. The molecule has 0 aliphatic carbocycles. The van der Waals surface area contributed by atoms with Crippen molar-refractivity contribution >= 4 is 28.4 Å². The number of rotatable bonds is 8. The van der Waals surface area contributed by atoms with Crippen LogP contribution in [0.5, 0.6) is 5.75 Å². The van der Waals surface area contributed by atoms with E-state index >= 15 is 0 Å². The van der Waals surface area contributed by atoms with Crippen LogP contribution in [-0.4, -0.2) is 50.8 Å². The van der Waals surface area contributed by atoms with Gasteiger partial charge >= 0.3 is 6.03 Å². The van der Waals surface area contributed by atoms with Crippen LogP contribution in [0.25, 0.3) is 10.9 Å². The summed E-state index contributed by atoms with van der Waals surface area (Å²) in [5, 5.41) is 10.3. The SMILES string of the molecule is COc1cccc(N2CCC(CNC(=O)NCCNc3ccc4ccccc4n3)C2)c1. The van der Waals surface area contributed by atoms with Gasteiger partial charge in [0, 0.05) is 49.9 Å². The first kappa shape index (κ1) is 20.8. The van der Waals surface area contributed by atoms with E-state index in [-0.39, 0.29) is 6.03 Å². The zero-order valence-electron chi connectivity index (χ0n) is 17.8. The highest BCUT2D eigenvalue weighted by Crippen LogP contribution is 2.26. The van der Waals surface area contributed by atoms with E-state index < -0.39 is 0 Å². The highest BCUT2D eigenvalue weighted by molar-refractivity contribution is 5.80. The Labute approximate surface area is 182 Å². The highest BCUT2D eigenvalue weighted by atomic mass is 16.5. The number of benzene rings is 2. The van der Waals surface area contributed by atoms with Gasteiger partial charge in [0.05, 0.1) is 12.6 Å². The van der Waals surface area contributed by atoms with Gasteiger partial charge in [-0.15, -0.1) is 0 Å². The quantitative estimate of drug-likeness (QED) is 0.487. The molecule has 0 saturated carbocycles. The molecule has 4 rings (SSSR count). The average Bonchev–Trinajstić information content (AvgIpc) is 3.29. The first-order chi connectivity index (χ1) is 15.2.